The Bertz CT molecular complexity index is 1320. The van der Waals surface area contributed by atoms with Crippen molar-refractivity contribution in [2.75, 3.05) is 13.7 Å². The summed E-state index contributed by atoms with van der Waals surface area (Å²) in [5.74, 6) is -4.42. The molecular weight excluding hydrogens is 542 g/mol. The summed E-state index contributed by atoms with van der Waals surface area (Å²) >= 11 is 0. The standard InChI is InChI=1S/C27H30F3N3O6.Na/c1-15(2)24-25(26(38)32(3)13-16-4-5-18(29)10-22(16)30)31-33(19-8-6-17(28)7-9-19)27(24)39-14-21(35)11-20(34)12-23(36)37;/h4-10,15,20-21,34-35H,11-14H2,1-3H3,(H,36,37);/q;+1/p-1/t20-,21+;/m1./s1. The SMILES string of the molecule is CC(C)c1c(C(=O)N(C)Cc2ccc(F)cc2F)nn(-c2ccc(F)cc2)c1OC[C@@H](O)C[C@@H](O)CC(=O)[O-].[Na+]. The van der Waals surface area contributed by atoms with Crippen molar-refractivity contribution in [2.24, 2.45) is 0 Å². The molecule has 1 amide bonds. The van der Waals surface area contributed by atoms with E-state index >= 15 is 0 Å². The Kier molecular flexibility index (Phi) is 12.2. The van der Waals surface area contributed by atoms with Gasteiger partial charge in [0.05, 0.1) is 17.9 Å². The number of benzene rings is 2. The molecule has 0 saturated carbocycles. The minimum atomic E-state index is -1.47. The predicted octanol–water partition coefficient (Wildman–Crippen LogP) is -0.680. The Hall–Kier alpha value is -2.90. The molecule has 0 aliphatic carbocycles. The van der Waals surface area contributed by atoms with Gasteiger partial charge in [-0.3, -0.25) is 4.79 Å². The molecule has 2 N–H and O–H groups in total. The number of ether oxygens (including phenoxy) is 1. The number of hydrogen-bond donors (Lipinski definition) is 2. The molecule has 1 aromatic heterocycles. The summed E-state index contributed by atoms with van der Waals surface area (Å²) in [7, 11) is 1.43. The minimum absolute atomic E-state index is 0. The number of nitrogens with zero attached hydrogens (tertiary/aromatic N) is 3. The van der Waals surface area contributed by atoms with Gasteiger partial charge in [-0.25, -0.2) is 17.9 Å². The number of carboxylic acids is 1. The topological polar surface area (TPSA) is 128 Å². The van der Waals surface area contributed by atoms with Crippen molar-refractivity contribution in [1.29, 1.82) is 0 Å². The van der Waals surface area contributed by atoms with Gasteiger partial charge in [0.15, 0.2) is 5.69 Å². The van der Waals surface area contributed by atoms with E-state index in [0.29, 0.717) is 11.3 Å². The van der Waals surface area contributed by atoms with Crippen LogP contribution in [0.5, 0.6) is 5.88 Å². The fourth-order valence-corrected chi connectivity index (χ4v) is 3.98. The average Bonchev–Trinajstić information content (AvgIpc) is 3.23. The maximum absolute atomic E-state index is 14.2. The van der Waals surface area contributed by atoms with Gasteiger partial charge >= 0.3 is 29.6 Å². The molecule has 0 fully saturated rings. The molecule has 0 saturated heterocycles. The van der Waals surface area contributed by atoms with Crippen LogP contribution in [-0.4, -0.2) is 62.6 Å². The molecule has 0 radical (unpaired) electrons. The normalized spacial score (nSPS) is 12.5. The van der Waals surface area contributed by atoms with Gasteiger partial charge < -0.3 is 29.8 Å². The van der Waals surface area contributed by atoms with Crippen LogP contribution >= 0.6 is 0 Å². The van der Waals surface area contributed by atoms with Gasteiger partial charge in [0.2, 0.25) is 5.88 Å². The number of aliphatic hydroxyl groups is 2. The minimum Gasteiger partial charge on any atom is -0.550 e. The molecular formula is C27H29F3N3NaO6. The van der Waals surface area contributed by atoms with Crippen molar-refractivity contribution in [2.45, 2.75) is 51.4 Å². The van der Waals surface area contributed by atoms with Crippen LogP contribution in [0, 0.1) is 17.5 Å². The molecule has 2 atom stereocenters. The first-order valence-corrected chi connectivity index (χ1v) is 12.1. The molecule has 0 unspecified atom stereocenters. The Morgan fingerprint density at radius 2 is 1.68 bits per heavy atom. The zero-order chi connectivity index (χ0) is 28.9. The van der Waals surface area contributed by atoms with Gasteiger partial charge in [0.1, 0.15) is 24.1 Å². The van der Waals surface area contributed by atoms with Crippen molar-refractivity contribution >= 4 is 11.9 Å². The van der Waals surface area contributed by atoms with Crippen LogP contribution < -0.4 is 39.4 Å². The second-order valence-corrected chi connectivity index (χ2v) is 9.44. The number of aliphatic hydroxyl groups excluding tert-OH is 2. The summed E-state index contributed by atoms with van der Waals surface area (Å²) in [4.78, 5) is 25.4. The van der Waals surface area contributed by atoms with Gasteiger partial charge in [-0.1, -0.05) is 19.9 Å². The summed E-state index contributed by atoms with van der Waals surface area (Å²) in [6.45, 7) is 2.97. The second-order valence-electron chi connectivity index (χ2n) is 9.44. The number of aromatic nitrogens is 2. The van der Waals surface area contributed by atoms with Gasteiger partial charge in [-0.05, 0) is 36.2 Å². The van der Waals surface area contributed by atoms with Crippen molar-refractivity contribution in [3.8, 4) is 11.6 Å². The second kappa shape index (κ2) is 14.6. The molecule has 40 heavy (non-hydrogen) atoms. The van der Waals surface area contributed by atoms with E-state index in [-0.39, 0.29) is 72.2 Å². The smallest absolute Gasteiger partial charge is 0.550 e. The molecule has 3 rings (SSSR count). The summed E-state index contributed by atoms with van der Waals surface area (Å²) in [5, 5.41) is 35.2. The average molecular weight is 572 g/mol. The fourth-order valence-electron chi connectivity index (χ4n) is 3.98. The van der Waals surface area contributed by atoms with Gasteiger partial charge in [0.25, 0.3) is 5.91 Å². The summed E-state index contributed by atoms with van der Waals surface area (Å²) < 4.78 is 48.2. The molecule has 1 heterocycles. The third kappa shape index (κ3) is 8.55. The number of aliphatic carboxylic acids is 1. The molecule has 0 bridgehead atoms. The molecule has 13 heteroatoms. The number of carboxylic acid groups (broad SMARTS) is 1. The Morgan fingerprint density at radius 3 is 2.25 bits per heavy atom. The molecule has 3 aromatic rings. The predicted molar refractivity (Wildman–Crippen MR) is 132 cm³/mol. The molecule has 0 aliphatic heterocycles. The summed E-state index contributed by atoms with van der Waals surface area (Å²) in [5.41, 5.74) is 0.733. The van der Waals surface area contributed by atoms with Gasteiger partial charge in [0, 0.05) is 49.6 Å². The number of amides is 1. The number of carbonyl (C=O) groups excluding carboxylic acids is 2. The van der Waals surface area contributed by atoms with Crippen LogP contribution in [0.1, 0.15) is 54.2 Å². The molecule has 0 spiro atoms. The van der Waals surface area contributed by atoms with E-state index < -0.39 is 48.0 Å². The maximum atomic E-state index is 14.2. The third-order valence-corrected chi connectivity index (χ3v) is 5.86. The first-order chi connectivity index (χ1) is 18.4. The molecule has 9 nitrogen and oxygen atoms in total. The van der Waals surface area contributed by atoms with E-state index in [4.69, 9.17) is 4.74 Å². The molecule has 210 valence electrons. The Balaban J connectivity index is 0.00000560. The zero-order valence-electron chi connectivity index (χ0n) is 22.6. The number of rotatable bonds is 12. The summed E-state index contributed by atoms with van der Waals surface area (Å²) in [6, 6.07) is 8.23. The monoisotopic (exact) mass is 571 g/mol. The maximum Gasteiger partial charge on any atom is 1.00 e. The largest absolute Gasteiger partial charge is 1.00 e. The van der Waals surface area contributed by atoms with Crippen LogP contribution in [0.15, 0.2) is 42.5 Å². The zero-order valence-corrected chi connectivity index (χ0v) is 24.6. The number of halogens is 3. The third-order valence-electron chi connectivity index (χ3n) is 5.86. The van der Waals surface area contributed by atoms with E-state index in [1.165, 1.54) is 47.0 Å². The molecule has 2 aromatic carbocycles. The van der Waals surface area contributed by atoms with Crippen LogP contribution in [0.4, 0.5) is 13.2 Å². The molecule has 0 aliphatic rings. The Labute approximate surface area is 251 Å². The van der Waals surface area contributed by atoms with Crippen LogP contribution in [0.3, 0.4) is 0 Å². The van der Waals surface area contributed by atoms with E-state index in [2.05, 4.69) is 5.10 Å². The van der Waals surface area contributed by atoms with E-state index in [9.17, 15) is 38.1 Å². The first kappa shape index (κ1) is 33.3. The summed E-state index contributed by atoms with van der Waals surface area (Å²) in [6.07, 6.45) is -3.62. The van der Waals surface area contributed by atoms with E-state index in [1.807, 2.05) is 0 Å². The van der Waals surface area contributed by atoms with E-state index in [1.54, 1.807) is 13.8 Å². The van der Waals surface area contributed by atoms with Crippen LogP contribution in [0.2, 0.25) is 0 Å². The van der Waals surface area contributed by atoms with Crippen molar-refractivity contribution < 1.29 is 72.4 Å². The van der Waals surface area contributed by atoms with Gasteiger partial charge in [-0.15, -0.1) is 0 Å². The number of hydrogen-bond acceptors (Lipinski definition) is 7. The van der Waals surface area contributed by atoms with Gasteiger partial charge in [-0.2, -0.15) is 5.10 Å². The fraction of sp³-hybridized carbons (Fsp3) is 0.370. The quantitative estimate of drug-likeness (QED) is 0.276. The van der Waals surface area contributed by atoms with Crippen LogP contribution in [0.25, 0.3) is 5.69 Å². The van der Waals surface area contributed by atoms with Crippen molar-refractivity contribution in [3.63, 3.8) is 0 Å². The van der Waals surface area contributed by atoms with Crippen molar-refractivity contribution in [1.82, 2.24) is 14.7 Å². The Morgan fingerprint density at radius 1 is 1.05 bits per heavy atom. The van der Waals surface area contributed by atoms with Crippen LogP contribution in [-0.2, 0) is 11.3 Å². The van der Waals surface area contributed by atoms with E-state index in [0.717, 1.165) is 12.1 Å². The first-order valence-electron chi connectivity index (χ1n) is 12.1. The van der Waals surface area contributed by atoms with Crippen molar-refractivity contribution in [3.05, 3.63) is 76.7 Å². The number of carbonyl (C=O) groups is 2.